The van der Waals surface area contributed by atoms with Crippen molar-refractivity contribution in [1.82, 2.24) is 15.0 Å². The molecule has 9 heteroatoms. The van der Waals surface area contributed by atoms with Gasteiger partial charge in [-0.2, -0.15) is 0 Å². The molecule has 1 aliphatic heterocycles. The second kappa shape index (κ2) is 7.73. The van der Waals surface area contributed by atoms with Crippen LogP contribution in [0.3, 0.4) is 0 Å². The molecule has 27 heavy (non-hydrogen) atoms. The first-order valence-electron chi connectivity index (χ1n) is 8.78. The van der Waals surface area contributed by atoms with Gasteiger partial charge in [-0.3, -0.25) is 0 Å². The van der Waals surface area contributed by atoms with Gasteiger partial charge < -0.3 is 25.2 Å². The van der Waals surface area contributed by atoms with Crippen molar-refractivity contribution in [3.8, 4) is 11.3 Å². The van der Waals surface area contributed by atoms with Gasteiger partial charge >= 0.3 is 5.97 Å². The van der Waals surface area contributed by atoms with E-state index in [0.29, 0.717) is 11.6 Å². The van der Waals surface area contributed by atoms with E-state index in [1.807, 2.05) is 24.3 Å². The van der Waals surface area contributed by atoms with Crippen molar-refractivity contribution in [2.24, 2.45) is 0 Å². The molecule has 0 amide bonds. The maximum Gasteiger partial charge on any atom is 0.335 e. The van der Waals surface area contributed by atoms with Crippen LogP contribution in [0, 0.1) is 0 Å². The molecular weight excluding hydrogens is 354 g/mol. The number of nitrogens with zero attached hydrogens (tertiary/aromatic N) is 3. The lowest BCUT2D eigenvalue weighted by Gasteiger charge is -2.38. The summed E-state index contributed by atoms with van der Waals surface area (Å²) in [6.45, 7) is 4.26. The minimum absolute atomic E-state index is 0.446. The van der Waals surface area contributed by atoms with Gasteiger partial charge in [0.05, 0.1) is 6.20 Å². The van der Waals surface area contributed by atoms with E-state index in [-0.39, 0.29) is 0 Å². The Morgan fingerprint density at radius 1 is 1.19 bits per heavy atom. The van der Waals surface area contributed by atoms with Crippen LogP contribution in [0.15, 0.2) is 30.5 Å². The Hall–Kier alpha value is -2.33. The van der Waals surface area contributed by atoms with Crippen molar-refractivity contribution in [1.29, 1.82) is 0 Å². The summed E-state index contributed by atoms with van der Waals surface area (Å²) in [7, 11) is 0. The minimum Gasteiger partial charge on any atom is -0.479 e. The van der Waals surface area contributed by atoms with Crippen molar-refractivity contribution in [3.05, 3.63) is 36.0 Å². The number of aliphatic hydroxyl groups excluding tert-OH is 3. The number of benzene rings is 1. The highest BCUT2D eigenvalue weighted by atomic mass is 16.6. The molecule has 0 bridgehead atoms. The zero-order valence-corrected chi connectivity index (χ0v) is 15.0. The SMILES string of the molecule is CCC(C)c1ccc(-c2cn(C3OC(C(=O)O)C(O)C(O)C3O)nn2)cc1. The smallest absolute Gasteiger partial charge is 0.335 e. The summed E-state index contributed by atoms with van der Waals surface area (Å²) in [6, 6.07) is 7.84. The predicted molar refractivity (Wildman–Crippen MR) is 93.7 cm³/mol. The summed E-state index contributed by atoms with van der Waals surface area (Å²) >= 11 is 0. The van der Waals surface area contributed by atoms with Gasteiger partial charge in [-0.15, -0.1) is 5.10 Å². The fraction of sp³-hybridized carbons (Fsp3) is 0.500. The van der Waals surface area contributed by atoms with Gasteiger partial charge in [0.1, 0.15) is 24.0 Å². The fourth-order valence-corrected chi connectivity index (χ4v) is 3.04. The lowest BCUT2D eigenvalue weighted by Crippen LogP contribution is -2.57. The Morgan fingerprint density at radius 2 is 1.85 bits per heavy atom. The molecule has 4 N–H and O–H groups in total. The second-order valence-electron chi connectivity index (χ2n) is 6.77. The summed E-state index contributed by atoms with van der Waals surface area (Å²) in [5, 5.41) is 46.9. The summed E-state index contributed by atoms with van der Waals surface area (Å²) < 4.78 is 6.39. The Kier molecular flexibility index (Phi) is 5.56. The van der Waals surface area contributed by atoms with Crippen LogP contribution in [-0.2, 0) is 9.53 Å². The number of aliphatic hydroxyl groups is 3. The van der Waals surface area contributed by atoms with Crippen molar-refractivity contribution < 1.29 is 30.0 Å². The Morgan fingerprint density at radius 3 is 2.44 bits per heavy atom. The molecule has 1 aromatic heterocycles. The van der Waals surface area contributed by atoms with E-state index in [2.05, 4.69) is 24.2 Å². The van der Waals surface area contributed by atoms with E-state index in [0.717, 1.165) is 16.7 Å². The Bertz CT molecular complexity index is 793. The number of hydrogen-bond donors (Lipinski definition) is 4. The largest absolute Gasteiger partial charge is 0.479 e. The van der Waals surface area contributed by atoms with Crippen LogP contribution >= 0.6 is 0 Å². The lowest BCUT2D eigenvalue weighted by atomic mass is 9.97. The maximum absolute atomic E-state index is 11.2. The summed E-state index contributed by atoms with van der Waals surface area (Å²) in [4.78, 5) is 11.2. The third kappa shape index (κ3) is 3.72. The van der Waals surface area contributed by atoms with Crippen molar-refractivity contribution in [3.63, 3.8) is 0 Å². The highest BCUT2D eigenvalue weighted by molar-refractivity contribution is 5.73. The van der Waals surface area contributed by atoms with E-state index in [9.17, 15) is 20.1 Å². The lowest BCUT2D eigenvalue weighted by molar-refractivity contribution is -0.249. The van der Waals surface area contributed by atoms with E-state index >= 15 is 0 Å². The minimum atomic E-state index is -1.75. The van der Waals surface area contributed by atoms with Crippen LogP contribution in [0.5, 0.6) is 0 Å². The van der Waals surface area contributed by atoms with E-state index in [1.54, 1.807) is 0 Å². The Balaban J connectivity index is 1.83. The molecule has 1 aliphatic rings. The topological polar surface area (TPSA) is 138 Å². The highest BCUT2D eigenvalue weighted by Crippen LogP contribution is 2.29. The normalized spacial score (nSPS) is 29.4. The quantitative estimate of drug-likeness (QED) is 0.592. The summed E-state index contributed by atoms with van der Waals surface area (Å²) in [5.41, 5.74) is 2.52. The van der Waals surface area contributed by atoms with Crippen molar-refractivity contribution in [2.45, 2.75) is 56.8 Å². The van der Waals surface area contributed by atoms with E-state index in [1.165, 1.54) is 11.8 Å². The molecule has 0 aliphatic carbocycles. The summed E-state index contributed by atoms with van der Waals surface area (Å²) in [5.74, 6) is -0.999. The highest BCUT2D eigenvalue weighted by Gasteiger charge is 2.48. The Labute approximate surface area is 155 Å². The molecule has 6 atom stereocenters. The average Bonchev–Trinajstić information content (AvgIpc) is 3.15. The molecule has 0 saturated carbocycles. The number of aliphatic carboxylic acids is 1. The van der Waals surface area contributed by atoms with Crippen LogP contribution in [0.4, 0.5) is 0 Å². The van der Waals surface area contributed by atoms with Crippen molar-refractivity contribution >= 4 is 5.97 Å². The van der Waals surface area contributed by atoms with Gasteiger partial charge in [-0.1, -0.05) is 43.3 Å². The molecule has 2 heterocycles. The number of carboxylic acids is 1. The number of carbonyl (C=O) groups is 1. The van der Waals surface area contributed by atoms with Gasteiger partial charge in [0.15, 0.2) is 12.3 Å². The van der Waals surface area contributed by atoms with E-state index in [4.69, 9.17) is 9.84 Å². The molecular formula is C18H23N3O6. The number of carboxylic acid groups (broad SMARTS) is 1. The van der Waals surface area contributed by atoms with Crippen LogP contribution in [-0.4, -0.2) is 65.8 Å². The zero-order valence-electron chi connectivity index (χ0n) is 15.0. The van der Waals surface area contributed by atoms with Gasteiger partial charge in [-0.25, -0.2) is 9.48 Å². The molecule has 146 valence electrons. The monoisotopic (exact) mass is 377 g/mol. The standard InChI is InChI=1S/C18H23N3O6/c1-3-9(2)10-4-6-11(7-5-10)12-8-21(20-19-12)17-15(24)13(22)14(23)16(27-17)18(25)26/h4-9,13-17,22-24H,3H2,1-2H3,(H,25,26). The number of aromatic nitrogens is 3. The fourth-order valence-electron chi connectivity index (χ4n) is 3.04. The van der Waals surface area contributed by atoms with Gasteiger partial charge in [-0.05, 0) is 17.9 Å². The van der Waals surface area contributed by atoms with Crippen molar-refractivity contribution in [2.75, 3.05) is 0 Å². The van der Waals surface area contributed by atoms with Gasteiger partial charge in [0.25, 0.3) is 0 Å². The number of hydrogen-bond acceptors (Lipinski definition) is 7. The van der Waals surface area contributed by atoms with Crippen LogP contribution < -0.4 is 0 Å². The molecule has 0 radical (unpaired) electrons. The molecule has 2 aromatic rings. The third-order valence-corrected chi connectivity index (χ3v) is 4.99. The first-order chi connectivity index (χ1) is 12.8. The molecule has 9 nitrogen and oxygen atoms in total. The first kappa shape index (κ1) is 19.4. The van der Waals surface area contributed by atoms with E-state index < -0.39 is 36.6 Å². The number of ether oxygens (including phenoxy) is 1. The van der Waals surface area contributed by atoms with Gasteiger partial charge in [0, 0.05) is 5.56 Å². The molecule has 1 saturated heterocycles. The second-order valence-corrected chi connectivity index (χ2v) is 6.77. The van der Waals surface area contributed by atoms with Crippen LogP contribution in [0.25, 0.3) is 11.3 Å². The van der Waals surface area contributed by atoms with Crippen LogP contribution in [0.2, 0.25) is 0 Å². The summed E-state index contributed by atoms with van der Waals surface area (Å²) in [6.07, 6.45) is -5.43. The molecule has 1 aromatic carbocycles. The first-order valence-corrected chi connectivity index (χ1v) is 8.78. The number of rotatable bonds is 5. The average molecular weight is 377 g/mol. The predicted octanol–water partition coefficient (Wildman–Crippen LogP) is 0.523. The zero-order chi connectivity index (χ0) is 19.7. The molecule has 1 fully saturated rings. The third-order valence-electron chi connectivity index (χ3n) is 4.99. The molecule has 3 rings (SSSR count). The maximum atomic E-state index is 11.2. The van der Waals surface area contributed by atoms with Crippen LogP contribution in [0.1, 0.15) is 38.0 Å². The van der Waals surface area contributed by atoms with Gasteiger partial charge in [0.2, 0.25) is 0 Å². The molecule has 0 spiro atoms. The molecule has 6 unspecified atom stereocenters.